The van der Waals surface area contributed by atoms with Gasteiger partial charge in [0.25, 0.3) is 0 Å². The molecular weight excluding hydrogens is 416 g/mol. The summed E-state index contributed by atoms with van der Waals surface area (Å²) in [5.41, 5.74) is 0.785. The lowest BCUT2D eigenvalue weighted by atomic mass is 10.2. The minimum absolute atomic E-state index is 0.00210. The standard InChI is InChI=1S/C24H24O8/c1-17(16-23(26)29-3)24(27)31-15-14-30-20-7-4-18(5-8-20)6-13-22(25)32-21-11-9-19(28-2)10-12-21/h4-13H,1,14-16H2,2-3H3/b13-6+. The maximum atomic E-state index is 11.9. The van der Waals surface area contributed by atoms with Crippen LogP contribution in [-0.2, 0) is 23.9 Å². The number of hydrogen-bond acceptors (Lipinski definition) is 8. The second kappa shape index (κ2) is 12.6. The van der Waals surface area contributed by atoms with E-state index in [1.54, 1.807) is 61.7 Å². The third kappa shape index (κ3) is 8.35. The molecule has 0 aliphatic rings. The fourth-order valence-electron chi connectivity index (χ4n) is 2.35. The third-order valence-corrected chi connectivity index (χ3v) is 4.03. The Hall–Kier alpha value is -4.07. The van der Waals surface area contributed by atoms with Crippen molar-refractivity contribution < 1.29 is 38.1 Å². The predicted octanol–water partition coefficient (Wildman–Crippen LogP) is 3.36. The molecule has 0 atom stereocenters. The van der Waals surface area contributed by atoms with Crippen LogP contribution in [0.2, 0.25) is 0 Å². The van der Waals surface area contributed by atoms with E-state index in [0.717, 1.165) is 5.56 Å². The first kappa shape index (κ1) is 24.2. The zero-order valence-corrected chi connectivity index (χ0v) is 17.9. The monoisotopic (exact) mass is 440 g/mol. The molecule has 0 aliphatic carbocycles. The molecule has 0 bridgehead atoms. The molecule has 0 saturated carbocycles. The van der Waals surface area contributed by atoms with E-state index in [1.165, 1.54) is 13.2 Å². The van der Waals surface area contributed by atoms with Crippen LogP contribution in [0.15, 0.2) is 66.8 Å². The highest BCUT2D eigenvalue weighted by Crippen LogP contribution is 2.18. The Labute approximate surface area is 186 Å². The summed E-state index contributed by atoms with van der Waals surface area (Å²) < 4.78 is 25.2. The van der Waals surface area contributed by atoms with Crippen molar-refractivity contribution >= 4 is 24.0 Å². The summed E-state index contributed by atoms with van der Waals surface area (Å²) in [6.07, 6.45) is 2.71. The van der Waals surface area contributed by atoms with E-state index >= 15 is 0 Å². The predicted molar refractivity (Wildman–Crippen MR) is 116 cm³/mol. The van der Waals surface area contributed by atoms with Gasteiger partial charge in [-0.3, -0.25) is 4.79 Å². The van der Waals surface area contributed by atoms with Crippen molar-refractivity contribution in [2.45, 2.75) is 6.42 Å². The zero-order valence-electron chi connectivity index (χ0n) is 17.9. The molecule has 0 N–H and O–H groups in total. The number of ether oxygens (including phenoxy) is 5. The zero-order chi connectivity index (χ0) is 23.3. The molecule has 0 spiro atoms. The molecule has 0 fully saturated rings. The van der Waals surface area contributed by atoms with Crippen molar-refractivity contribution in [2.24, 2.45) is 0 Å². The minimum atomic E-state index is -0.680. The number of hydrogen-bond donors (Lipinski definition) is 0. The maximum absolute atomic E-state index is 11.9. The average molecular weight is 440 g/mol. The van der Waals surface area contributed by atoms with Crippen LogP contribution in [0.5, 0.6) is 17.2 Å². The Morgan fingerprint density at radius 1 is 0.875 bits per heavy atom. The number of carbonyl (C=O) groups excluding carboxylic acids is 3. The molecule has 0 aromatic heterocycles. The Morgan fingerprint density at radius 2 is 1.50 bits per heavy atom. The van der Waals surface area contributed by atoms with Crippen molar-refractivity contribution in [1.29, 1.82) is 0 Å². The Bertz CT molecular complexity index is 958. The highest BCUT2D eigenvalue weighted by molar-refractivity contribution is 5.93. The van der Waals surface area contributed by atoms with Crippen molar-refractivity contribution in [3.63, 3.8) is 0 Å². The van der Waals surface area contributed by atoms with E-state index in [-0.39, 0.29) is 25.2 Å². The summed E-state index contributed by atoms with van der Waals surface area (Å²) in [7, 11) is 2.78. The molecule has 0 amide bonds. The van der Waals surface area contributed by atoms with E-state index in [0.29, 0.717) is 17.2 Å². The smallest absolute Gasteiger partial charge is 0.336 e. The first-order valence-electron chi connectivity index (χ1n) is 9.60. The fraction of sp³-hybridized carbons (Fsp3) is 0.208. The summed E-state index contributed by atoms with van der Waals surface area (Å²) in [5.74, 6) is -0.102. The van der Waals surface area contributed by atoms with Gasteiger partial charge in [0.05, 0.1) is 20.6 Å². The van der Waals surface area contributed by atoms with Crippen LogP contribution in [0.4, 0.5) is 0 Å². The first-order chi connectivity index (χ1) is 15.4. The van der Waals surface area contributed by atoms with Gasteiger partial charge in [-0.25, -0.2) is 9.59 Å². The molecular formula is C24H24O8. The summed E-state index contributed by atoms with van der Waals surface area (Å²) in [6, 6.07) is 13.6. The summed E-state index contributed by atoms with van der Waals surface area (Å²) in [4.78, 5) is 34.7. The van der Waals surface area contributed by atoms with Gasteiger partial charge in [-0.05, 0) is 48.0 Å². The minimum Gasteiger partial charge on any atom is -0.497 e. The van der Waals surface area contributed by atoms with Crippen LogP contribution in [0.25, 0.3) is 6.08 Å². The van der Waals surface area contributed by atoms with Gasteiger partial charge in [-0.1, -0.05) is 18.7 Å². The van der Waals surface area contributed by atoms with Crippen LogP contribution < -0.4 is 14.2 Å². The second-order valence-electron chi connectivity index (χ2n) is 6.34. The van der Waals surface area contributed by atoms with Crippen LogP contribution in [0, 0.1) is 0 Å². The van der Waals surface area contributed by atoms with E-state index in [9.17, 15) is 14.4 Å². The summed E-state index contributed by atoms with van der Waals surface area (Å²) >= 11 is 0. The molecule has 2 aromatic rings. The van der Waals surface area contributed by atoms with E-state index in [2.05, 4.69) is 11.3 Å². The summed E-state index contributed by atoms with van der Waals surface area (Å²) in [5, 5.41) is 0. The second-order valence-corrected chi connectivity index (χ2v) is 6.34. The summed E-state index contributed by atoms with van der Waals surface area (Å²) in [6.45, 7) is 3.61. The normalized spacial score (nSPS) is 10.3. The van der Waals surface area contributed by atoms with Gasteiger partial charge in [0.2, 0.25) is 0 Å². The van der Waals surface area contributed by atoms with Crippen LogP contribution >= 0.6 is 0 Å². The Kier molecular flexibility index (Phi) is 9.52. The highest BCUT2D eigenvalue weighted by Gasteiger charge is 2.13. The third-order valence-electron chi connectivity index (χ3n) is 4.03. The first-order valence-corrected chi connectivity index (χ1v) is 9.60. The Balaban J connectivity index is 1.73. The number of carbonyl (C=O) groups is 3. The SMILES string of the molecule is C=C(CC(=O)OC)C(=O)OCCOc1ccc(/C=C/C(=O)Oc2ccc(OC)cc2)cc1. The molecule has 2 rings (SSSR count). The van der Waals surface area contributed by atoms with Gasteiger partial charge in [0, 0.05) is 11.6 Å². The van der Waals surface area contributed by atoms with Gasteiger partial charge < -0.3 is 23.7 Å². The van der Waals surface area contributed by atoms with Crippen molar-refractivity contribution in [1.82, 2.24) is 0 Å². The number of methoxy groups -OCH3 is 2. The Morgan fingerprint density at radius 3 is 2.12 bits per heavy atom. The van der Waals surface area contributed by atoms with Gasteiger partial charge in [0.15, 0.2) is 0 Å². The highest BCUT2D eigenvalue weighted by atomic mass is 16.6. The van der Waals surface area contributed by atoms with E-state index in [1.807, 2.05) is 0 Å². The molecule has 2 aromatic carbocycles. The lowest BCUT2D eigenvalue weighted by molar-refractivity contribution is -0.144. The van der Waals surface area contributed by atoms with Gasteiger partial charge in [-0.15, -0.1) is 0 Å². The largest absolute Gasteiger partial charge is 0.497 e. The number of benzene rings is 2. The maximum Gasteiger partial charge on any atom is 0.336 e. The van der Waals surface area contributed by atoms with Gasteiger partial charge in [0.1, 0.15) is 30.5 Å². The topological polar surface area (TPSA) is 97.4 Å². The van der Waals surface area contributed by atoms with Gasteiger partial charge in [-0.2, -0.15) is 0 Å². The molecule has 8 nitrogen and oxygen atoms in total. The molecule has 0 heterocycles. The van der Waals surface area contributed by atoms with Crippen molar-refractivity contribution in [3.8, 4) is 17.2 Å². The lowest BCUT2D eigenvalue weighted by Gasteiger charge is -2.08. The molecule has 8 heteroatoms. The number of esters is 3. The lowest BCUT2D eigenvalue weighted by Crippen LogP contribution is -2.15. The van der Waals surface area contributed by atoms with Crippen LogP contribution in [-0.4, -0.2) is 45.3 Å². The molecule has 0 aliphatic heterocycles. The molecule has 0 unspecified atom stereocenters. The molecule has 0 saturated heterocycles. The van der Waals surface area contributed by atoms with E-state index in [4.69, 9.17) is 18.9 Å². The van der Waals surface area contributed by atoms with Crippen molar-refractivity contribution in [3.05, 3.63) is 72.3 Å². The van der Waals surface area contributed by atoms with Crippen LogP contribution in [0.1, 0.15) is 12.0 Å². The van der Waals surface area contributed by atoms with Crippen LogP contribution in [0.3, 0.4) is 0 Å². The molecule has 0 radical (unpaired) electrons. The number of rotatable bonds is 11. The van der Waals surface area contributed by atoms with E-state index < -0.39 is 17.9 Å². The fourth-order valence-corrected chi connectivity index (χ4v) is 2.35. The molecule has 32 heavy (non-hydrogen) atoms. The quantitative estimate of drug-likeness (QED) is 0.227. The average Bonchev–Trinajstić information content (AvgIpc) is 2.81. The molecule has 168 valence electrons. The van der Waals surface area contributed by atoms with Gasteiger partial charge >= 0.3 is 17.9 Å². The van der Waals surface area contributed by atoms with Crippen molar-refractivity contribution in [2.75, 3.05) is 27.4 Å².